The van der Waals surface area contributed by atoms with Crippen molar-refractivity contribution in [3.63, 3.8) is 0 Å². The molecule has 1 rings (SSSR count). The average Bonchev–Trinajstić information content (AvgIpc) is 2.36. The topological polar surface area (TPSA) is 57.7 Å². The van der Waals surface area contributed by atoms with Crippen LogP contribution in [0.4, 0.5) is 13.2 Å². The third-order valence-electron chi connectivity index (χ3n) is 2.29. The van der Waals surface area contributed by atoms with E-state index < -0.39 is 18.2 Å². The van der Waals surface area contributed by atoms with Gasteiger partial charge in [-0.05, 0) is 6.92 Å². The molecule has 1 heterocycles. The van der Waals surface area contributed by atoms with E-state index in [0.29, 0.717) is 0 Å². The van der Waals surface area contributed by atoms with Gasteiger partial charge in [0.25, 0.3) is 0 Å². The van der Waals surface area contributed by atoms with Crippen molar-refractivity contribution < 1.29 is 32.2 Å². The van der Waals surface area contributed by atoms with Crippen LogP contribution in [0.25, 0.3) is 0 Å². The molecule has 0 radical (unpaired) electrons. The molecule has 0 amide bonds. The van der Waals surface area contributed by atoms with Gasteiger partial charge in [-0.25, -0.2) is 4.98 Å². The molecule has 0 saturated heterocycles. The van der Waals surface area contributed by atoms with Gasteiger partial charge >= 0.3 is 12.3 Å². The van der Waals surface area contributed by atoms with Gasteiger partial charge in [0.1, 0.15) is 11.4 Å². The zero-order chi connectivity index (χ0) is 16.0. The second-order valence-corrected chi connectivity index (χ2v) is 4.03. The lowest BCUT2D eigenvalue weighted by Crippen LogP contribution is -2.19. The number of alkyl halides is 4. The lowest BCUT2D eigenvalue weighted by atomic mass is 10.1. The molecule has 0 spiro atoms. The predicted octanol–water partition coefficient (Wildman–Crippen LogP) is 2.83. The summed E-state index contributed by atoms with van der Waals surface area (Å²) in [5.74, 6) is -1.39. The second-order valence-electron chi connectivity index (χ2n) is 3.76. The standard InChI is InChI=1S/C12H13ClF3NO4/c1-3-20-10(18)5-7-4-9(21-12(14,15)16)17-8(6-13)11(7)19-2/h4H,3,5-6H2,1-2H3. The van der Waals surface area contributed by atoms with E-state index in [1.165, 1.54) is 7.11 Å². The number of halogens is 4. The molecule has 1 aromatic rings. The first-order valence-electron chi connectivity index (χ1n) is 5.84. The van der Waals surface area contributed by atoms with Crippen LogP contribution in [0, 0.1) is 0 Å². The van der Waals surface area contributed by atoms with Gasteiger partial charge < -0.3 is 14.2 Å². The molecule has 0 unspecified atom stereocenters. The number of hydrogen-bond donors (Lipinski definition) is 0. The van der Waals surface area contributed by atoms with Crippen molar-refractivity contribution in [1.29, 1.82) is 0 Å². The molecule has 0 saturated carbocycles. The first-order valence-corrected chi connectivity index (χ1v) is 6.38. The minimum atomic E-state index is -4.90. The summed E-state index contributed by atoms with van der Waals surface area (Å²) in [6.45, 7) is 1.77. The summed E-state index contributed by atoms with van der Waals surface area (Å²) in [5.41, 5.74) is 0.195. The van der Waals surface area contributed by atoms with Crippen LogP contribution in [0.15, 0.2) is 6.07 Å². The summed E-state index contributed by atoms with van der Waals surface area (Å²) in [7, 11) is 1.30. The monoisotopic (exact) mass is 327 g/mol. The smallest absolute Gasteiger partial charge is 0.494 e. The van der Waals surface area contributed by atoms with Gasteiger partial charge in [-0.3, -0.25) is 4.79 Å². The Kier molecular flexibility index (Phi) is 6.07. The molecule has 9 heteroatoms. The van der Waals surface area contributed by atoms with E-state index in [2.05, 4.69) is 9.72 Å². The Balaban J connectivity index is 3.18. The van der Waals surface area contributed by atoms with Crippen molar-refractivity contribution in [1.82, 2.24) is 4.98 Å². The molecule has 21 heavy (non-hydrogen) atoms. The van der Waals surface area contributed by atoms with Crippen molar-refractivity contribution in [2.24, 2.45) is 0 Å². The number of ether oxygens (including phenoxy) is 3. The number of carbonyl (C=O) groups is 1. The fraction of sp³-hybridized carbons (Fsp3) is 0.500. The number of esters is 1. The van der Waals surface area contributed by atoms with Gasteiger partial charge in [0.15, 0.2) is 0 Å². The van der Waals surface area contributed by atoms with Gasteiger partial charge in [-0.2, -0.15) is 0 Å². The van der Waals surface area contributed by atoms with E-state index in [1.54, 1.807) is 6.92 Å². The van der Waals surface area contributed by atoms with Crippen molar-refractivity contribution >= 4 is 17.6 Å². The molecule has 0 aliphatic rings. The molecule has 0 aromatic carbocycles. The Morgan fingerprint density at radius 1 is 1.43 bits per heavy atom. The molecule has 0 N–H and O–H groups in total. The maximum atomic E-state index is 12.3. The van der Waals surface area contributed by atoms with Crippen LogP contribution in [-0.2, 0) is 21.8 Å². The van der Waals surface area contributed by atoms with Crippen LogP contribution < -0.4 is 9.47 Å². The fourth-order valence-electron chi connectivity index (χ4n) is 1.63. The van der Waals surface area contributed by atoms with E-state index in [0.717, 1.165) is 6.07 Å². The highest BCUT2D eigenvalue weighted by Crippen LogP contribution is 2.30. The highest BCUT2D eigenvalue weighted by molar-refractivity contribution is 6.17. The molecule has 0 fully saturated rings. The first kappa shape index (κ1) is 17.4. The second kappa shape index (κ2) is 7.35. The maximum absolute atomic E-state index is 12.3. The Labute approximate surface area is 124 Å². The Bertz CT molecular complexity index is 508. The summed E-state index contributed by atoms with van der Waals surface area (Å²) in [6.07, 6.45) is -5.18. The zero-order valence-corrected chi connectivity index (χ0v) is 12.0. The predicted molar refractivity (Wildman–Crippen MR) is 67.4 cm³/mol. The number of aromatic nitrogens is 1. The van der Waals surface area contributed by atoms with Gasteiger partial charge in [0, 0.05) is 11.6 Å². The number of hydrogen-bond acceptors (Lipinski definition) is 5. The van der Waals surface area contributed by atoms with E-state index in [1.807, 2.05) is 0 Å². The number of pyridine rings is 1. The van der Waals surface area contributed by atoms with Crippen LogP contribution in [0.1, 0.15) is 18.2 Å². The van der Waals surface area contributed by atoms with Crippen molar-refractivity contribution in [3.05, 3.63) is 17.3 Å². The third-order valence-corrected chi connectivity index (χ3v) is 2.54. The minimum absolute atomic E-state index is 0.0419. The molecule has 0 bridgehead atoms. The Morgan fingerprint density at radius 2 is 2.10 bits per heavy atom. The fourth-order valence-corrected chi connectivity index (χ4v) is 1.81. The summed E-state index contributed by atoms with van der Waals surface area (Å²) < 4.78 is 50.3. The zero-order valence-electron chi connectivity index (χ0n) is 11.3. The number of carbonyl (C=O) groups excluding carboxylic acids is 1. The summed E-state index contributed by atoms with van der Waals surface area (Å²) in [4.78, 5) is 15.1. The normalized spacial score (nSPS) is 11.1. The summed E-state index contributed by atoms with van der Waals surface area (Å²) in [6, 6.07) is 0.972. The van der Waals surface area contributed by atoms with Gasteiger partial charge in [-0.15, -0.1) is 24.8 Å². The van der Waals surface area contributed by atoms with Crippen molar-refractivity contribution in [3.8, 4) is 11.6 Å². The molecule has 0 aliphatic carbocycles. The van der Waals surface area contributed by atoms with Gasteiger partial charge in [0.2, 0.25) is 5.88 Å². The van der Waals surface area contributed by atoms with Crippen LogP contribution in [0.2, 0.25) is 0 Å². The molecule has 5 nitrogen and oxygen atoms in total. The molecular formula is C12H13ClF3NO4. The quantitative estimate of drug-likeness (QED) is 0.594. The highest BCUT2D eigenvalue weighted by atomic mass is 35.5. The lowest BCUT2D eigenvalue weighted by Gasteiger charge is -2.15. The molecule has 0 atom stereocenters. The van der Waals surface area contributed by atoms with Gasteiger partial charge in [0.05, 0.1) is 26.0 Å². The molecule has 118 valence electrons. The van der Waals surface area contributed by atoms with Crippen LogP contribution >= 0.6 is 11.6 Å². The Morgan fingerprint density at radius 3 is 2.57 bits per heavy atom. The van der Waals surface area contributed by atoms with E-state index in [-0.39, 0.29) is 35.9 Å². The number of nitrogens with zero attached hydrogens (tertiary/aromatic N) is 1. The Hall–Kier alpha value is -1.70. The number of rotatable bonds is 6. The molecular weight excluding hydrogens is 315 g/mol. The maximum Gasteiger partial charge on any atom is 0.574 e. The summed E-state index contributed by atoms with van der Waals surface area (Å²) >= 11 is 5.63. The van der Waals surface area contributed by atoms with Crippen LogP contribution in [0.3, 0.4) is 0 Å². The van der Waals surface area contributed by atoms with E-state index in [4.69, 9.17) is 21.1 Å². The minimum Gasteiger partial charge on any atom is -0.494 e. The van der Waals surface area contributed by atoms with Crippen molar-refractivity contribution in [2.45, 2.75) is 25.6 Å². The first-order chi connectivity index (χ1) is 9.80. The van der Waals surface area contributed by atoms with Crippen LogP contribution in [0.5, 0.6) is 11.6 Å². The van der Waals surface area contributed by atoms with Crippen LogP contribution in [-0.4, -0.2) is 31.0 Å². The van der Waals surface area contributed by atoms with E-state index >= 15 is 0 Å². The largest absolute Gasteiger partial charge is 0.574 e. The third kappa shape index (κ3) is 5.30. The lowest BCUT2D eigenvalue weighted by molar-refractivity contribution is -0.276. The van der Waals surface area contributed by atoms with E-state index in [9.17, 15) is 18.0 Å². The van der Waals surface area contributed by atoms with Crippen molar-refractivity contribution in [2.75, 3.05) is 13.7 Å². The molecule has 0 aliphatic heterocycles. The average molecular weight is 328 g/mol. The summed E-state index contributed by atoms with van der Waals surface area (Å²) in [5, 5.41) is 0. The molecule has 1 aromatic heterocycles. The van der Waals surface area contributed by atoms with Gasteiger partial charge in [-0.1, -0.05) is 0 Å². The number of methoxy groups -OCH3 is 1. The SMILES string of the molecule is CCOC(=O)Cc1cc(OC(F)(F)F)nc(CCl)c1OC. The highest BCUT2D eigenvalue weighted by Gasteiger charge is 2.32.